The predicted octanol–water partition coefficient (Wildman–Crippen LogP) is 2.01. The zero-order chi connectivity index (χ0) is 15.4. The number of carboxylic acid groups (broad SMARTS) is 1. The molecular weight excluding hydrogens is 270 g/mol. The highest BCUT2D eigenvalue weighted by Crippen LogP contribution is 2.22. The molecule has 0 aliphatic carbocycles. The summed E-state index contributed by atoms with van der Waals surface area (Å²) >= 11 is 0. The molecule has 21 heavy (non-hydrogen) atoms. The van der Waals surface area contributed by atoms with Gasteiger partial charge in [-0.3, -0.25) is 9.59 Å². The van der Waals surface area contributed by atoms with E-state index in [1.807, 2.05) is 32.0 Å². The SMILES string of the molecule is Cc1cccc(OCC(=O)N2CCC(CC(=O)O)C2)c1C. The van der Waals surface area contributed by atoms with E-state index in [1.54, 1.807) is 4.90 Å². The second kappa shape index (κ2) is 6.61. The average molecular weight is 291 g/mol. The Balaban J connectivity index is 1.85. The summed E-state index contributed by atoms with van der Waals surface area (Å²) in [5, 5.41) is 8.78. The molecule has 1 aliphatic heterocycles. The number of carbonyl (C=O) groups is 2. The van der Waals surface area contributed by atoms with E-state index in [0.29, 0.717) is 13.1 Å². The number of carboxylic acids is 1. The van der Waals surface area contributed by atoms with Crippen LogP contribution in [0.3, 0.4) is 0 Å². The highest BCUT2D eigenvalue weighted by Gasteiger charge is 2.27. The summed E-state index contributed by atoms with van der Waals surface area (Å²) in [6.07, 6.45) is 0.878. The maximum Gasteiger partial charge on any atom is 0.303 e. The maximum absolute atomic E-state index is 12.1. The summed E-state index contributed by atoms with van der Waals surface area (Å²) in [5.74, 6) is -0.0958. The van der Waals surface area contributed by atoms with E-state index in [4.69, 9.17) is 9.84 Å². The number of likely N-dealkylation sites (tertiary alicyclic amines) is 1. The van der Waals surface area contributed by atoms with Crippen LogP contribution in [-0.4, -0.2) is 41.6 Å². The van der Waals surface area contributed by atoms with Crippen LogP contribution in [0.1, 0.15) is 24.0 Å². The van der Waals surface area contributed by atoms with Crippen molar-refractivity contribution in [2.45, 2.75) is 26.7 Å². The largest absolute Gasteiger partial charge is 0.483 e. The molecule has 1 saturated heterocycles. The molecule has 1 heterocycles. The number of carbonyl (C=O) groups excluding carboxylic acids is 1. The number of benzene rings is 1. The van der Waals surface area contributed by atoms with Gasteiger partial charge in [0.25, 0.3) is 5.91 Å². The lowest BCUT2D eigenvalue weighted by Crippen LogP contribution is -2.33. The molecule has 0 aromatic heterocycles. The highest BCUT2D eigenvalue weighted by atomic mass is 16.5. The number of ether oxygens (including phenoxy) is 1. The highest BCUT2D eigenvalue weighted by molar-refractivity contribution is 5.78. The summed E-state index contributed by atoms with van der Waals surface area (Å²) in [7, 11) is 0. The van der Waals surface area contributed by atoms with E-state index >= 15 is 0 Å². The van der Waals surface area contributed by atoms with Gasteiger partial charge in [-0.25, -0.2) is 0 Å². The summed E-state index contributed by atoms with van der Waals surface area (Å²) in [5.41, 5.74) is 2.16. The van der Waals surface area contributed by atoms with Crippen LogP contribution in [0.15, 0.2) is 18.2 Å². The van der Waals surface area contributed by atoms with Crippen molar-refractivity contribution in [1.82, 2.24) is 4.90 Å². The number of hydrogen-bond acceptors (Lipinski definition) is 3. The number of aliphatic carboxylic acids is 1. The molecule has 1 atom stereocenters. The van der Waals surface area contributed by atoms with Crippen LogP contribution in [0.5, 0.6) is 5.75 Å². The van der Waals surface area contributed by atoms with E-state index in [-0.39, 0.29) is 24.9 Å². The molecule has 0 bridgehead atoms. The third-order valence-corrected chi connectivity index (χ3v) is 4.01. The zero-order valence-electron chi connectivity index (χ0n) is 12.5. The number of amides is 1. The van der Waals surface area contributed by atoms with Gasteiger partial charge in [0.1, 0.15) is 5.75 Å². The molecule has 0 saturated carbocycles. The number of aryl methyl sites for hydroxylation is 1. The van der Waals surface area contributed by atoms with Crippen molar-refractivity contribution in [3.8, 4) is 5.75 Å². The quantitative estimate of drug-likeness (QED) is 0.901. The Bertz CT molecular complexity index is 541. The van der Waals surface area contributed by atoms with E-state index < -0.39 is 5.97 Å². The smallest absolute Gasteiger partial charge is 0.303 e. The summed E-state index contributed by atoms with van der Waals surface area (Å²) in [6.45, 7) is 5.10. The van der Waals surface area contributed by atoms with Crippen LogP contribution in [0, 0.1) is 19.8 Å². The van der Waals surface area contributed by atoms with Gasteiger partial charge in [-0.2, -0.15) is 0 Å². The summed E-state index contributed by atoms with van der Waals surface area (Å²) in [4.78, 5) is 24.5. The number of nitrogens with zero attached hydrogens (tertiary/aromatic N) is 1. The fraction of sp³-hybridized carbons (Fsp3) is 0.500. The molecule has 5 nitrogen and oxygen atoms in total. The van der Waals surface area contributed by atoms with Crippen LogP contribution >= 0.6 is 0 Å². The van der Waals surface area contributed by atoms with Crippen LogP contribution < -0.4 is 4.74 Å². The monoisotopic (exact) mass is 291 g/mol. The molecule has 1 unspecified atom stereocenters. The van der Waals surface area contributed by atoms with Crippen LogP contribution in [0.2, 0.25) is 0 Å². The van der Waals surface area contributed by atoms with Gasteiger partial charge < -0.3 is 14.7 Å². The molecule has 1 fully saturated rings. The fourth-order valence-electron chi connectivity index (χ4n) is 2.58. The van der Waals surface area contributed by atoms with Gasteiger partial charge in [-0.15, -0.1) is 0 Å². The van der Waals surface area contributed by atoms with Crippen molar-refractivity contribution in [2.24, 2.45) is 5.92 Å². The van der Waals surface area contributed by atoms with Gasteiger partial charge in [-0.1, -0.05) is 12.1 Å². The molecule has 1 aromatic carbocycles. The fourth-order valence-corrected chi connectivity index (χ4v) is 2.58. The lowest BCUT2D eigenvalue weighted by atomic mass is 10.1. The first-order chi connectivity index (χ1) is 9.97. The third kappa shape index (κ3) is 3.97. The molecule has 1 amide bonds. The maximum atomic E-state index is 12.1. The first-order valence-electron chi connectivity index (χ1n) is 7.16. The van der Waals surface area contributed by atoms with E-state index in [1.165, 1.54) is 0 Å². The van der Waals surface area contributed by atoms with Gasteiger partial charge in [0, 0.05) is 19.5 Å². The van der Waals surface area contributed by atoms with Crippen molar-refractivity contribution in [3.05, 3.63) is 29.3 Å². The second-order valence-corrected chi connectivity index (χ2v) is 5.58. The Hall–Kier alpha value is -2.04. The molecule has 5 heteroatoms. The van der Waals surface area contributed by atoms with Crippen molar-refractivity contribution in [3.63, 3.8) is 0 Å². The lowest BCUT2D eigenvalue weighted by molar-refractivity contribution is -0.138. The molecular formula is C16H21NO4. The minimum atomic E-state index is -0.805. The van der Waals surface area contributed by atoms with E-state index in [0.717, 1.165) is 23.3 Å². The first-order valence-corrected chi connectivity index (χ1v) is 7.16. The van der Waals surface area contributed by atoms with Gasteiger partial charge in [0.05, 0.1) is 0 Å². The van der Waals surface area contributed by atoms with E-state index in [2.05, 4.69) is 0 Å². The molecule has 0 spiro atoms. The second-order valence-electron chi connectivity index (χ2n) is 5.58. The Kier molecular flexibility index (Phi) is 4.83. The molecule has 2 rings (SSSR count). The Labute approximate surface area is 124 Å². The van der Waals surface area contributed by atoms with Crippen molar-refractivity contribution < 1.29 is 19.4 Å². The molecule has 0 radical (unpaired) electrons. The molecule has 1 N–H and O–H groups in total. The first kappa shape index (κ1) is 15.4. The third-order valence-electron chi connectivity index (χ3n) is 4.01. The lowest BCUT2D eigenvalue weighted by Gasteiger charge is -2.17. The van der Waals surface area contributed by atoms with Gasteiger partial charge in [0.2, 0.25) is 0 Å². The minimum absolute atomic E-state index is 0.00405. The van der Waals surface area contributed by atoms with E-state index in [9.17, 15) is 9.59 Å². The van der Waals surface area contributed by atoms with Gasteiger partial charge in [0.15, 0.2) is 6.61 Å². The van der Waals surface area contributed by atoms with Crippen LogP contribution in [-0.2, 0) is 9.59 Å². The van der Waals surface area contributed by atoms with Crippen LogP contribution in [0.4, 0.5) is 0 Å². The Morgan fingerprint density at radius 1 is 1.38 bits per heavy atom. The normalized spacial score (nSPS) is 17.8. The summed E-state index contributed by atoms with van der Waals surface area (Å²) < 4.78 is 5.60. The Morgan fingerprint density at radius 3 is 2.86 bits per heavy atom. The molecule has 1 aromatic rings. The number of hydrogen-bond donors (Lipinski definition) is 1. The minimum Gasteiger partial charge on any atom is -0.483 e. The van der Waals surface area contributed by atoms with Crippen molar-refractivity contribution in [2.75, 3.05) is 19.7 Å². The van der Waals surface area contributed by atoms with Crippen molar-refractivity contribution >= 4 is 11.9 Å². The van der Waals surface area contributed by atoms with Crippen LogP contribution in [0.25, 0.3) is 0 Å². The standard InChI is InChI=1S/C16H21NO4/c1-11-4-3-5-14(12(11)2)21-10-15(18)17-7-6-13(9-17)8-16(19)20/h3-5,13H,6-10H2,1-2H3,(H,19,20). The average Bonchev–Trinajstić information content (AvgIpc) is 2.88. The number of rotatable bonds is 5. The Morgan fingerprint density at radius 2 is 2.14 bits per heavy atom. The molecule has 1 aliphatic rings. The predicted molar refractivity (Wildman–Crippen MR) is 78.4 cm³/mol. The zero-order valence-corrected chi connectivity index (χ0v) is 12.5. The summed E-state index contributed by atoms with van der Waals surface area (Å²) in [6, 6.07) is 5.76. The van der Waals surface area contributed by atoms with Crippen molar-refractivity contribution in [1.29, 1.82) is 0 Å². The van der Waals surface area contributed by atoms with Gasteiger partial charge in [-0.05, 0) is 43.4 Å². The topological polar surface area (TPSA) is 66.8 Å². The molecule has 114 valence electrons. The van der Waals surface area contributed by atoms with Gasteiger partial charge >= 0.3 is 5.97 Å².